The molecule has 0 aliphatic heterocycles. The predicted molar refractivity (Wildman–Crippen MR) is 113 cm³/mol. The maximum atomic E-state index is 13.9. The molecule has 0 radical (unpaired) electrons. The van der Waals surface area contributed by atoms with Crippen LogP contribution in [-0.4, -0.2) is 49.8 Å². The van der Waals surface area contributed by atoms with Gasteiger partial charge in [-0.05, 0) is 31.6 Å². The molecule has 35 heavy (non-hydrogen) atoms. The Labute approximate surface area is 197 Å². The summed E-state index contributed by atoms with van der Waals surface area (Å²) in [4.78, 5) is 21.8. The van der Waals surface area contributed by atoms with E-state index in [2.05, 4.69) is 20.4 Å². The van der Waals surface area contributed by atoms with Gasteiger partial charge in [-0.25, -0.2) is 40.8 Å². The van der Waals surface area contributed by atoms with E-state index in [0.717, 1.165) is 0 Å². The molecule has 4 rings (SSSR count). The number of amides is 1. The predicted octanol–water partition coefficient (Wildman–Crippen LogP) is 4.17. The first-order chi connectivity index (χ1) is 16.2. The average Bonchev–Trinajstić information content (AvgIpc) is 3.20. The summed E-state index contributed by atoms with van der Waals surface area (Å²) in [7, 11) is 0. The van der Waals surface area contributed by atoms with Gasteiger partial charge >= 0.3 is 0 Å². The third-order valence-corrected chi connectivity index (χ3v) is 7.14. The van der Waals surface area contributed by atoms with Gasteiger partial charge in [-0.3, -0.25) is 4.79 Å². The van der Waals surface area contributed by atoms with E-state index in [1.165, 1.54) is 16.9 Å². The summed E-state index contributed by atoms with van der Waals surface area (Å²) in [5.41, 5.74) is 5.17. The Morgan fingerprint density at radius 1 is 1.11 bits per heavy atom. The molecule has 1 amide bonds. The number of rotatable bonds is 6. The molecule has 2 aliphatic rings. The summed E-state index contributed by atoms with van der Waals surface area (Å²) in [5.74, 6) is -9.81. The SMILES string of the molecule is CC(F)(F)CNC(=O)C1(c2cnn3cc([C@@H](N)C4CCC(F)(F)CC4)nc3n2)CCC(F)(F)CC1. The second-order valence-electron chi connectivity index (χ2n) is 9.96. The third-order valence-electron chi connectivity index (χ3n) is 7.14. The van der Waals surface area contributed by atoms with Crippen molar-refractivity contribution in [2.24, 2.45) is 11.7 Å². The van der Waals surface area contributed by atoms with Crippen LogP contribution >= 0.6 is 0 Å². The van der Waals surface area contributed by atoms with E-state index in [-0.39, 0.29) is 55.9 Å². The molecule has 0 bridgehead atoms. The van der Waals surface area contributed by atoms with E-state index in [4.69, 9.17) is 5.73 Å². The van der Waals surface area contributed by atoms with Gasteiger partial charge in [0.15, 0.2) is 0 Å². The Hall–Kier alpha value is -2.44. The number of hydrogen-bond acceptors (Lipinski definition) is 5. The molecule has 13 heteroatoms. The van der Waals surface area contributed by atoms with Gasteiger partial charge in [0, 0.05) is 32.6 Å². The van der Waals surface area contributed by atoms with Crippen LogP contribution in [0.4, 0.5) is 26.3 Å². The van der Waals surface area contributed by atoms with Crippen molar-refractivity contribution in [1.29, 1.82) is 0 Å². The maximum Gasteiger partial charge on any atom is 0.262 e. The van der Waals surface area contributed by atoms with Gasteiger partial charge in [0.2, 0.25) is 17.8 Å². The highest BCUT2D eigenvalue weighted by atomic mass is 19.3. The van der Waals surface area contributed by atoms with Gasteiger partial charge in [0.25, 0.3) is 11.7 Å². The molecule has 0 saturated heterocycles. The highest BCUT2D eigenvalue weighted by Gasteiger charge is 2.50. The molecule has 0 unspecified atom stereocenters. The van der Waals surface area contributed by atoms with Crippen molar-refractivity contribution in [1.82, 2.24) is 24.9 Å². The molecule has 7 nitrogen and oxygen atoms in total. The molecule has 2 heterocycles. The summed E-state index contributed by atoms with van der Waals surface area (Å²) < 4.78 is 82.8. The lowest BCUT2D eigenvalue weighted by atomic mass is 9.70. The lowest BCUT2D eigenvalue weighted by Crippen LogP contribution is -2.51. The normalized spacial score (nSPS) is 23.2. The smallest absolute Gasteiger partial charge is 0.262 e. The molecular weight excluding hydrogens is 478 g/mol. The molecule has 2 fully saturated rings. The number of fused-ring (bicyclic) bond motifs is 1. The molecule has 1 atom stereocenters. The minimum Gasteiger partial charge on any atom is -0.349 e. The fourth-order valence-electron chi connectivity index (χ4n) is 4.89. The number of nitrogens with one attached hydrogen (secondary N) is 1. The van der Waals surface area contributed by atoms with Crippen LogP contribution < -0.4 is 11.1 Å². The van der Waals surface area contributed by atoms with Crippen molar-refractivity contribution in [2.45, 2.75) is 87.5 Å². The van der Waals surface area contributed by atoms with Crippen LogP contribution in [0, 0.1) is 5.92 Å². The van der Waals surface area contributed by atoms with Crippen molar-refractivity contribution >= 4 is 11.7 Å². The lowest BCUT2D eigenvalue weighted by Gasteiger charge is -2.38. The highest BCUT2D eigenvalue weighted by Crippen LogP contribution is 2.45. The lowest BCUT2D eigenvalue weighted by molar-refractivity contribution is -0.134. The molecule has 2 aromatic heterocycles. The van der Waals surface area contributed by atoms with E-state index in [0.29, 0.717) is 12.6 Å². The number of carbonyl (C=O) groups excluding carboxylic acids is 1. The van der Waals surface area contributed by atoms with Crippen LogP contribution in [0.15, 0.2) is 12.4 Å². The Kier molecular flexibility index (Phi) is 6.52. The molecule has 2 saturated carbocycles. The largest absolute Gasteiger partial charge is 0.349 e. The summed E-state index contributed by atoms with van der Waals surface area (Å²) in [6.45, 7) is -0.300. The van der Waals surface area contributed by atoms with Gasteiger partial charge in [-0.1, -0.05) is 0 Å². The second kappa shape index (κ2) is 8.90. The van der Waals surface area contributed by atoms with Crippen LogP contribution in [0.25, 0.3) is 5.78 Å². The van der Waals surface area contributed by atoms with Crippen LogP contribution in [0.2, 0.25) is 0 Å². The molecule has 3 N–H and O–H groups in total. The summed E-state index contributed by atoms with van der Waals surface area (Å²) in [6, 6.07) is -0.629. The van der Waals surface area contributed by atoms with E-state index in [1.54, 1.807) is 0 Å². The fourth-order valence-corrected chi connectivity index (χ4v) is 4.89. The molecule has 2 aromatic rings. The minimum atomic E-state index is -3.18. The van der Waals surface area contributed by atoms with Gasteiger partial charge in [-0.2, -0.15) is 5.10 Å². The number of halogens is 6. The Bertz CT molecular complexity index is 1060. The number of carbonyl (C=O) groups is 1. The number of imidazole rings is 1. The Morgan fingerprint density at radius 3 is 2.31 bits per heavy atom. The molecule has 2 aliphatic carbocycles. The van der Waals surface area contributed by atoms with Crippen molar-refractivity contribution < 1.29 is 31.1 Å². The van der Waals surface area contributed by atoms with Gasteiger partial charge in [0.1, 0.15) is 0 Å². The highest BCUT2D eigenvalue weighted by molar-refractivity contribution is 5.88. The zero-order valence-corrected chi connectivity index (χ0v) is 19.2. The van der Waals surface area contributed by atoms with Crippen LogP contribution in [0.5, 0.6) is 0 Å². The number of alkyl halides is 6. The van der Waals surface area contributed by atoms with Gasteiger partial charge < -0.3 is 11.1 Å². The molecule has 194 valence electrons. The second-order valence-corrected chi connectivity index (χ2v) is 9.96. The van der Waals surface area contributed by atoms with Gasteiger partial charge in [0.05, 0.1) is 41.8 Å². The monoisotopic (exact) mass is 506 g/mol. The minimum absolute atomic E-state index is 0.0550. The number of nitrogens with zero attached hydrogens (tertiary/aromatic N) is 4. The average molecular weight is 506 g/mol. The topological polar surface area (TPSA) is 98.2 Å². The molecule has 0 aromatic carbocycles. The van der Waals surface area contributed by atoms with Crippen LogP contribution in [-0.2, 0) is 10.2 Å². The Morgan fingerprint density at radius 2 is 1.71 bits per heavy atom. The first kappa shape index (κ1) is 25.6. The van der Waals surface area contributed by atoms with Gasteiger partial charge in [-0.15, -0.1) is 0 Å². The third kappa shape index (κ3) is 5.54. The number of aromatic nitrogens is 4. The van der Waals surface area contributed by atoms with Crippen molar-refractivity contribution in [3.05, 3.63) is 23.8 Å². The summed E-state index contributed by atoms with van der Waals surface area (Å²) >= 11 is 0. The van der Waals surface area contributed by atoms with E-state index in [9.17, 15) is 31.1 Å². The van der Waals surface area contributed by atoms with Crippen LogP contribution in [0.1, 0.15) is 75.7 Å². The van der Waals surface area contributed by atoms with Crippen molar-refractivity contribution in [2.75, 3.05) is 6.54 Å². The first-order valence-corrected chi connectivity index (χ1v) is 11.6. The van der Waals surface area contributed by atoms with E-state index in [1.807, 2.05) is 0 Å². The van der Waals surface area contributed by atoms with E-state index < -0.39 is 54.5 Å². The van der Waals surface area contributed by atoms with Crippen molar-refractivity contribution in [3.63, 3.8) is 0 Å². The Balaban J connectivity index is 1.61. The number of nitrogens with two attached hydrogens (primary N) is 1. The maximum absolute atomic E-state index is 13.9. The van der Waals surface area contributed by atoms with E-state index >= 15 is 0 Å². The standard InChI is InChI=1S/C22H28F6N6O/c1-19(23,24)12-30-17(35)20(6-8-22(27,28)9-7-20)15-10-31-34-11-14(32-18(34)33-15)16(29)13-2-4-21(25,26)5-3-13/h10-11,13,16H,2-9,12,29H2,1H3,(H,30,35)/t16-/m0/s1. The molecule has 0 spiro atoms. The summed E-state index contributed by atoms with van der Waals surface area (Å²) in [6.07, 6.45) is 0.948. The fraction of sp³-hybridized carbons (Fsp3) is 0.727. The molecular formula is C22H28F6N6O. The zero-order valence-electron chi connectivity index (χ0n) is 19.2. The quantitative estimate of drug-likeness (QED) is 0.574. The van der Waals surface area contributed by atoms with Crippen molar-refractivity contribution in [3.8, 4) is 0 Å². The number of hydrogen-bond donors (Lipinski definition) is 2. The first-order valence-electron chi connectivity index (χ1n) is 11.6. The summed E-state index contributed by atoms with van der Waals surface area (Å²) in [5, 5.41) is 6.37. The zero-order chi connectivity index (χ0) is 25.6. The van der Waals surface area contributed by atoms with Crippen LogP contribution in [0.3, 0.4) is 0 Å².